The van der Waals surface area contributed by atoms with Crippen molar-refractivity contribution in [3.63, 3.8) is 0 Å². The Bertz CT molecular complexity index is 1100. The number of halogens is 3. The number of aryl methyl sites for hydroxylation is 4. The third kappa shape index (κ3) is 7.26. The minimum absolute atomic E-state index is 0. The molecule has 0 spiro atoms. The summed E-state index contributed by atoms with van der Waals surface area (Å²) in [4.78, 5) is 14.5. The molecule has 0 N–H and O–H groups in total. The normalized spacial score (nSPS) is 11.2. The fourth-order valence-corrected chi connectivity index (χ4v) is 4.08. The summed E-state index contributed by atoms with van der Waals surface area (Å²) in [5.41, 5.74) is 10.1. The monoisotopic (exact) mass is 573 g/mol. The zero-order valence-corrected chi connectivity index (χ0v) is 23.1. The molecular formula is C25H26BrCl2FeN3. The molecule has 0 amide bonds. The van der Waals surface area contributed by atoms with Gasteiger partial charge in [-0.25, -0.2) is 4.98 Å². The van der Waals surface area contributed by atoms with Crippen molar-refractivity contribution in [2.45, 2.75) is 41.5 Å². The van der Waals surface area contributed by atoms with Crippen LogP contribution in [0.25, 0.3) is 0 Å². The summed E-state index contributed by atoms with van der Waals surface area (Å²) in [7, 11) is 0. The molecule has 3 rings (SSSR count). The van der Waals surface area contributed by atoms with Crippen LogP contribution in [0.1, 0.15) is 47.5 Å². The van der Waals surface area contributed by atoms with Gasteiger partial charge < -0.3 is 24.8 Å². The molecule has 0 unspecified atom stereocenters. The van der Waals surface area contributed by atoms with Crippen LogP contribution in [0, 0.1) is 27.7 Å². The van der Waals surface area contributed by atoms with Gasteiger partial charge in [0, 0.05) is 4.47 Å². The molecule has 1 aromatic heterocycles. The standard InChI is InChI=1S/C25H26BrN3.2ClH.Fe/c1-15-13-18(4)25(21(26)14-15)28-20(6)23-12-8-11-22(29-23)19(5)27-24-16(2)9-7-10-17(24)3;;;/h7-14H,1-6H3;2*1H;/q;;;+2/p-2/b27-19+,28-20+;;;. The number of aliphatic imine (C=N–C) groups is 2. The molecule has 32 heavy (non-hydrogen) atoms. The Labute approximate surface area is 222 Å². The average molecular weight is 575 g/mol. The van der Waals surface area contributed by atoms with Crippen LogP contribution in [-0.4, -0.2) is 16.4 Å². The van der Waals surface area contributed by atoms with Crippen LogP contribution < -0.4 is 24.8 Å². The molecule has 0 aliphatic heterocycles. The Morgan fingerprint density at radius 1 is 0.719 bits per heavy atom. The topological polar surface area (TPSA) is 37.6 Å². The number of hydrogen-bond donors (Lipinski definition) is 0. The third-order valence-corrected chi connectivity index (χ3v) is 5.49. The van der Waals surface area contributed by atoms with E-state index in [1.54, 1.807) is 0 Å². The van der Waals surface area contributed by atoms with E-state index < -0.39 is 0 Å². The van der Waals surface area contributed by atoms with Gasteiger partial charge in [-0.15, -0.1) is 0 Å². The smallest absolute Gasteiger partial charge is 1.00 e. The summed E-state index contributed by atoms with van der Waals surface area (Å²) in [6.07, 6.45) is 0. The zero-order chi connectivity index (χ0) is 21.1. The van der Waals surface area contributed by atoms with Crippen LogP contribution in [0.5, 0.6) is 0 Å². The first-order chi connectivity index (χ1) is 13.8. The second-order valence-corrected chi connectivity index (χ2v) is 8.31. The van der Waals surface area contributed by atoms with Gasteiger partial charge in [0.2, 0.25) is 0 Å². The van der Waals surface area contributed by atoms with Crippen molar-refractivity contribution in [2.75, 3.05) is 0 Å². The van der Waals surface area contributed by atoms with Crippen LogP contribution in [0.3, 0.4) is 0 Å². The molecule has 2 aromatic carbocycles. The van der Waals surface area contributed by atoms with Crippen LogP contribution in [-0.2, 0) is 17.1 Å². The SMILES string of the molecule is C/C(=N\c1c(C)cccc1C)c1cccc(/C(C)=N/c2c(C)cc(C)cc2Br)n1.[Cl-].[Cl-].[Fe+2]. The Balaban J connectivity index is 0.00000320. The quantitative estimate of drug-likeness (QED) is 0.343. The van der Waals surface area contributed by atoms with Crippen molar-refractivity contribution in [3.05, 3.63) is 86.6 Å². The number of benzene rings is 2. The first kappa shape index (κ1) is 30.5. The first-order valence-corrected chi connectivity index (χ1v) is 10.5. The van der Waals surface area contributed by atoms with Gasteiger partial charge in [0.05, 0.1) is 34.2 Å². The summed E-state index contributed by atoms with van der Waals surface area (Å²) in [5, 5.41) is 0. The minimum Gasteiger partial charge on any atom is -1.00 e. The molecule has 0 saturated carbocycles. The second-order valence-electron chi connectivity index (χ2n) is 7.46. The van der Waals surface area contributed by atoms with Crippen LogP contribution in [0.2, 0.25) is 0 Å². The van der Waals surface area contributed by atoms with Gasteiger partial charge in [-0.2, -0.15) is 0 Å². The number of aromatic nitrogens is 1. The fourth-order valence-electron chi connectivity index (χ4n) is 3.32. The van der Waals surface area contributed by atoms with E-state index in [1.807, 2.05) is 32.0 Å². The molecule has 0 aliphatic rings. The average Bonchev–Trinajstić information content (AvgIpc) is 2.67. The number of para-hydroxylation sites is 1. The van der Waals surface area contributed by atoms with Gasteiger partial charge in [-0.1, -0.05) is 30.3 Å². The van der Waals surface area contributed by atoms with Crippen molar-refractivity contribution >= 4 is 38.7 Å². The van der Waals surface area contributed by atoms with E-state index in [9.17, 15) is 0 Å². The van der Waals surface area contributed by atoms with Crippen molar-refractivity contribution in [2.24, 2.45) is 9.98 Å². The maximum Gasteiger partial charge on any atom is 2.00 e. The Morgan fingerprint density at radius 3 is 1.69 bits per heavy atom. The largest absolute Gasteiger partial charge is 2.00 e. The molecule has 0 saturated heterocycles. The van der Waals surface area contributed by atoms with Crippen molar-refractivity contribution < 1.29 is 41.9 Å². The third-order valence-electron chi connectivity index (χ3n) is 4.89. The van der Waals surface area contributed by atoms with Gasteiger partial charge in [0.25, 0.3) is 0 Å². The molecule has 1 heterocycles. The predicted octanol–water partition coefficient (Wildman–Crippen LogP) is 1.36. The van der Waals surface area contributed by atoms with Gasteiger partial charge in [0.15, 0.2) is 0 Å². The van der Waals surface area contributed by atoms with E-state index in [-0.39, 0.29) is 41.9 Å². The minimum atomic E-state index is 0. The maximum atomic E-state index is 4.86. The van der Waals surface area contributed by atoms with E-state index >= 15 is 0 Å². The summed E-state index contributed by atoms with van der Waals surface area (Å²) < 4.78 is 0.998. The van der Waals surface area contributed by atoms with Gasteiger partial charge in [-0.3, -0.25) is 9.98 Å². The van der Waals surface area contributed by atoms with Gasteiger partial charge in [-0.05, 0) is 97.9 Å². The molecule has 3 aromatic rings. The molecule has 0 bridgehead atoms. The molecule has 3 nitrogen and oxygen atoms in total. The molecule has 0 fully saturated rings. The summed E-state index contributed by atoms with van der Waals surface area (Å²) in [5.74, 6) is 0. The van der Waals surface area contributed by atoms with Crippen LogP contribution in [0.15, 0.2) is 63.0 Å². The summed E-state index contributed by atoms with van der Waals surface area (Å²) in [6.45, 7) is 12.3. The molecular weight excluding hydrogens is 549 g/mol. The van der Waals surface area contributed by atoms with Crippen molar-refractivity contribution in [3.8, 4) is 0 Å². The Hall–Kier alpha value is -1.49. The van der Waals surface area contributed by atoms with Gasteiger partial charge in [0.1, 0.15) is 0 Å². The van der Waals surface area contributed by atoms with Crippen molar-refractivity contribution in [1.29, 1.82) is 0 Å². The number of hydrogen-bond acceptors (Lipinski definition) is 3. The van der Waals surface area contributed by atoms with E-state index in [0.717, 1.165) is 55.3 Å². The maximum absolute atomic E-state index is 4.86. The molecule has 7 heteroatoms. The molecule has 0 atom stereocenters. The van der Waals surface area contributed by atoms with Crippen LogP contribution in [0.4, 0.5) is 11.4 Å². The van der Waals surface area contributed by atoms with Gasteiger partial charge >= 0.3 is 17.1 Å². The molecule has 0 aliphatic carbocycles. The number of pyridine rings is 1. The van der Waals surface area contributed by atoms with Crippen molar-refractivity contribution in [1.82, 2.24) is 4.98 Å². The van der Waals surface area contributed by atoms with Crippen LogP contribution >= 0.6 is 15.9 Å². The van der Waals surface area contributed by atoms with E-state index in [4.69, 9.17) is 15.0 Å². The molecule has 0 radical (unpaired) electrons. The Morgan fingerprint density at radius 2 is 1.19 bits per heavy atom. The van der Waals surface area contributed by atoms with E-state index in [0.29, 0.717) is 0 Å². The second kappa shape index (κ2) is 13.3. The number of rotatable bonds is 4. The van der Waals surface area contributed by atoms with E-state index in [2.05, 4.69) is 74.0 Å². The van der Waals surface area contributed by atoms with E-state index in [1.165, 1.54) is 5.56 Å². The summed E-state index contributed by atoms with van der Waals surface area (Å²) >= 11 is 3.64. The first-order valence-electron chi connectivity index (χ1n) is 9.67. The molecule has 170 valence electrons. The predicted molar refractivity (Wildman–Crippen MR) is 128 cm³/mol. The number of nitrogens with zero attached hydrogens (tertiary/aromatic N) is 3. The zero-order valence-electron chi connectivity index (χ0n) is 18.9. The fraction of sp³-hybridized carbons (Fsp3) is 0.240. The Kier molecular flexibility index (Phi) is 12.7. The summed E-state index contributed by atoms with van der Waals surface area (Å²) in [6, 6.07) is 16.5.